The van der Waals surface area contributed by atoms with Crippen molar-refractivity contribution in [1.82, 2.24) is 25.5 Å². The molecule has 8 heteroatoms. The van der Waals surface area contributed by atoms with Crippen LogP contribution in [0.1, 0.15) is 17.5 Å². The Morgan fingerprint density at radius 2 is 1.93 bits per heavy atom. The van der Waals surface area contributed by atoms with Gasteiger partial charge in [-0.3, -0.25) is 15.1 Å². The van der Waals surface area contributed by atoms with E-state index in [2.05, 4.69) is 32.5 Å². The first-order valence-corrected chi connectivity index (χ1v) is 9.70. The van der Waals surface area contributed by atoms with Gasteiger partial charge < -0.3 is 15.1 Å². The maximum absolute atomic E-state index is 11.8. The van der Waals surface area contributed by atoms with Crippen molar-refractivity contribution in [2.75, 3.05) is 38.1 Å². The van der Waals surface area contributed by atoms with Crippen molar-refractivity contribution in [1.29, 1.82) is 0 Å². The maximum atomic E-state index is 11.8. The van der Waals surface area contributed by atoms with Crippen molar-refractivity contribution in [3.8, 4) is 11.3 Å². The number of likely N-dealkylation sites (N-methyl/N-ethyl adjacent to an activating group) is 1. The maximum Gasteiger partial charge on any atom is 0.326 e. The van der Waals surface area contributed by atoms with E-state index in [1.54, 1.807) is 12.3 Å². The molecule has 2 saturated heterocycles. The molecule has 0 aliphatic carbocycles. The molecule has 0 radical (unpaired) electrons. The molecule has 1 aromatic carbocycles. The Balaban J connectivity index is 1.63. The van der Waals surface area contributed by atoms with Crippen molar-refractivity contribution in [2.24, 2.45) is 0 Å². The van der Waals surface area contributed by atoms with Gasteiger partial charge in [0.1, 0.15) is 11.5 Å². The molecule has 0 bridgehead atoms. The van der Waals surface area contributed by atoms with Crippen LogP contribution in [0.5, 0.6) is 0 Å². The molecule has 29 heavy (non-hydrogen) atoms. The summed E-state index contributed by atoms with van der Waals surface area (Å²) in [6, 6.07) is 5.43. The van der Waals surface area contributed by atoms with Gasteiger partial charge in [-0.2, -0.15) is 0 Å². The summed E-state index contributed by atoms with van der Waals surface area (Å²) in [6.45, 7) is 5.93. The Morgan fingerprint density at radius 1 is 1.07 bits per heavy atom. The zero-order chi connectivity index (χ0) is 20.4. The fourth-order valence-electron chi connectivity index (χ4n) is 3.52. The van der Waals surface area contributed by atoms with Crippen LogP contribution in [0, 0.1) is 6.92 Å². The molecular weight excluding hydrogens is 368 g/mol. The zero-order valence-corrected chi connectivity index (χ0v) is 16.6. The fraction of sp³-hybridized carbons (Fsp3) is 0.333. The summed E-state index contributed by atoms with van der Waals surface area (Å²) in [5.74, 6) is 0.452. The second kappa shape index (κ2) is 8.00. The summed E-state index contributed by atoms with van der Waals surface area (Å²) in [7, 11) is 2.14. The molecule has 0 saturated carbocycles. The van der Waals surface area contributed by atoms with Crippen molar-refractivity contribution < 1.29 is 9.59 Å². The number of carbonyl (C=O) groups is 2. The molecule has 2 N–H and O–H groups in total. The lowest BCUT2D eigenvalue weighted by atomic mass is 10.0. The average molecular weight is 392 g/mol. The van der Waals surface area contributed by atoms with Crippen LogP contribution in [0.4, 0.5) is 10.6 Å². The van der Waals surface area contributed by atoms with Crippen molar-refractivity contribution in [3.63, 3.8) is 0 Å². The summed E-state index contributed by atoms with van der Waals surface area (Å²) in [5.41, 5.74) is 3.77. The third kappa shape index (κ3) is 4.27. The number of amides is 3. The molecule has 4 rings (SSSR count). The van der Waals surface area contributed by atoms with Crippen molar-refractivity contribution in [3.05, 3.63) is 47.4 Å². The molecule has 3 heterocycles. The molecule has 1 aromatic heterocycles. The van der Waals surface area contributed by atoms with E-state index in [0.717, 1.165) is 60.8 Å². The molecular formula is C21H24N6O2. The second-order valence-corrected chi connectivity index (χ2v) is 7.44. The number of hydrogen-bond donors (Lipinski definition) is 2. The molecule has 2 aromatic rings. The van der Waals surface area contributed by atoms with Gasteiger partial charge >= 0.3 is 6.03 Å². The number of nitrogens with zero attached hydrogens (tertiary/aromatic N) is 4. The molecule has 2 aliphatic rings. The number of aromatic nitrogens is 2. The van der Waals surface area contributed by atoms with Gasteiger partial charge in [0.15, 0.2) is 0 Å². The van der Waals surface area contributed by atoms with Gasteiger partial charge in [-0.05, 0) is 50.2 Å². The molecule has 0 atom stereocenters. The number of urea groups is 1. The van der Waals surface area contributed by atoms with E-state index in [0.29, 0.717) is 0 Å². The number of nitrogens with one attached hydrogen (secondary N) is 2. The van der Waals surface area contributed by atoms with Crippen LogP contribution in [-0.2, 0) is 4.79 Å². The van der Waals surface area contributed by atoms with Crippen LogP contribution < -0.4 is 15.5 Å². The third-order valence-electron chi connectivity index (χ3n) is 5.26. The van der Waals surface area contributed by atoms with Crippen molar-refractivity contribution >= 4 is 23.8 Å². The van der Waals surface area contributed by atoms with Gasteiger partial charge in [-0.1, -0.05) is 12.1 Å². The summed E-state index contributed by atoms with van der Waals surface area (Å²) in [5, 5.41) is 4.74. The number of anilines is 1. The van der Waals surface area contributed by atoms with Crippen LogP contribution in [0.15, 0.2) is 36.3 Å². The first-order chi connectivity index (χ1) is 14.0. The lowest BCUT2D eigenvalue weighted by Crippen LogP contribution is -2.29. The molecule has 8 nitrogen and oxygen atoms in total. The molecule has 2 fully saturated rings. The number of rotatable bonds is 3. The highest BCUT2D eigenvalue weighted by atomic mass is 16.2. The van der Waals surface area contributed by atoms with Crippen LogP contribution in [0.25, 0.3) is 17.3 Å². The average Bonchev–Trinajstić information content (AvgIpc) is 2.89. The van der Waals surface area contributed by atoms with E-state index < -0.39 is 11.9 Å². The summed E-state index contributed by atoms with van der Waals surface area (Å²) in [6.07, 6.45) is 6.34. The largest absolute Gasteiger partial charge is 0.354 e. The molecule has 0 unspecified atom stereocenters. The van der Waals surface area contributed by atoms with Crippen LogP contribution in [0.3, 0.4) is 0 Å². The Kier molecular flexibility index (Phi) is 5.26. The Hall–Kier alpha value is -3.26. The van der Waals surface area contributed by atoms with Gasteiger partial charge in [0.2, 0.25) is 0 Å². The number of hydrogen-bond acceptors (Lipinski definition) is 6. The van der Waals surface area contributed by atoms with E-state index in [1.807, 2.05) is 31.3 Å². The minimum atomic E-state index is -0.503. The third-order valence-corrected chi connectivity index (χ3v) is 5.26. The van der Waals surface area contributed by atoms with E-state index in [4.69, 9.17) is 4.98 Å². The Labute approximate surface area is 169 Å². The van der Waals surface area contributed by atoms with Crippen molar-refractivity contribution in [2.45, 2.75) is 13.3 Å². The highest BCUT2D eigenvalue weighted by molar-refractivity contribution is 6.14. The highest BCUT2D eigenvalue weighted by Crippen LogP contribution is 2.24. The first kappa shape index (κ1) is 19.1. The normalized spacial score (nSPS) is 19.2. The smallest absolute Gasteiger partial charge is 0.326 e. The monoisotopic (exact) mass is 392 g/mol. The minimum Gasteiger partial charge on any atom is -0.354 e. The quantitative estimate of drug-likeness (QED) is 0.611. The molecule has 0 spiro atoms. The topological polar surface area (TPSA) is 90.5 Å². The van der Waals surface area contributed by atoms with Crippen LogP contribution in [0.2, 0.25) is 0 Å². The minimum absolute atomic E-state index is 0.240. The standard InChI is InChI=1S/C21H24N6O2/c1-14-4-5-15(10-16(14)11-17-20(28)25-21(29)24-17)18-12-22-13-19(23-18)27-7-3-6-26(2)8-9-27/h4-5,10-13H,3,6-9H2,1-2H3,(H2,24,25,28,29). The Bertz CT molecular complexity index is 987. The lowest BCUT2D eigenvalue weighted by molar-refractivity contribution is -0.115. The number of aryl methyl sites for hydroxylation is 1. The van der Waals surface area contributed by atoms with Gasteiger partial charge in [0.05, 0.1) is 18.1 Å². The summed E-state index contributed by atoms with van der Waals surface area (Å²) in [4.78, 5) is 37.0. The number of imide groups is 1. The summed E-state index contributed by atoms with van der Waals surface area (Å²) >= 11 is 0. The van der Waals surface area contributed by atoms with E-state index in [-0.39, 0.29) is 5.70 Å². The molecule has 2 aliphatic heterocycles. The second-order valence-electron chi connectivity index (χ2n) is 7.44. The van der Waals surface area contributed by atoms with Gasteiger partial charge in [0.25, 0.3) is 5.91 Å². The first-order valence-electron chi connectivity index (χ1n) is 9.70. The van der Waals surface area contributed by atoms with Crippen LogP contribution >= 0.6 is 0 Å². The van der Waals surface area contributed by atoms with Gasteiger partial charge in [-0.25, -0.2) is 9.78 Å². The zero-order valence-electron chi connectivity index (χ0n) is 16.6. The SMILES string of the molecule is Cc1ccc(-c2cncc(N3CCCN(C)CC3)n2)cc1C=C1NC(=O)NC1=O. The fourth-order valence-corrected chi connectivity index (χ4v) is 3.52. The van der Waals surface area contributed by atoms with E-state index in [1.165, 1.54) is 0 Å². The number of benzene rings is 1. The summed E-state index contributed by atoms with van der Waals surface area (Å²) < 4.78 is 0. The van der Waals surface area contributed by atoms with Crippen LogP contribution in [-0.4, -0.2) is 60.0 Å². The van der Waals surface area contributed by atoms with Gasteiger partial charge in [-0.15, -0.1) is 0 Å². The van der Waals surface area contributed by atoms with E-state index in [9.17, 15) is 9.59 Å². The molecule has 3 amide bonds. The van der Waals surface area contributed by atoms with Gasteiger partial charge in [0, 0.05) is 25.2 Å². The van der Waals surface area contributed by atoms with E-state index >= 15 is 0 Å². The predicted octanol–water partition coefficient (Wildman–Crippen LogP) is 1.77. The predicted molar refractivity (Wildman–Crippen MR) is 111 cm³/mol. The number of carbonyl (C=O) groups excluding carboxylic acids is 2. The Morgan fingerprint density at radius 3 is 2.72 bits per heavy atom. The lowest BCUT2D eigenvalue weighted by Gasteiger charge is -2.21. The molecule has 150 valence electrons. The highest BCUT2D eigenvalue weighted by Gasteiger charge is 2.23.